The number of carbonyl (C=O) groups excluding carboxylic acids is 4. The number of imide groups is 1. The maximum absolute atomic E-state index is 11.6. The van der Waals surface area contributed by atoms with Crippen molar-refractivity contribution in [3.63, 3.8) is 0 Å². The third kappa shape index (κ3) is 7.29. The van der Waals surface area contributed by atoms with Gasteiger partial charge >= 0.3 is 12.1 Å². The fourth-order valence-electron chi connectivity index (χ4n) is 0.844. The summed E-state index contributed by atoms with van der Waals surface area (Å²) in [6.45, 7) is -1.17. The van der Waals surface area contributed by atoms with Crippen LogP contribution in [0.5, 0.6) is 0 Å². The zero-order valence-corrected chi connectivity index (χ0v) is 10.1. The molecule has 0 bridgehead atoms. The molecule has 0 saturated carbocycles. The van der Waals surface area contributed by atoms with Gasteiger partial charge in [0, 0.05) is 0 Å². The molecule has 4 amide bonds. The van der Waals surface area contributed by atoms with Gasteiger partial charge in [-0.2, -0.15) is 15.9 Å². The van der Waals surface area contributed by atoms with Gasteiger partial charge in [0.25, 0.3) is 0 Å². The van der Waals surface area contributed by atoms with E-state index in [1.54, 1.807) is 0 Å². The molecule has 0 aromatic heterocycles. The van der Waals surface area contributed by atoms with Gasteiger partial charge in [0.05, 0.1) is 0 Å². The van der Waals surface area contributed by atoms with Gasteiger partial charge in [-0.1, -0.05) is 0 Å². The number of aliphatic imine (C=N–C) groups is 3. The number of hydrogen-bond acceptors (Lipinski definition) is 9. The first-order valence-corrected chi connectivity index (χ1v) is 4.91. The average Bonchev–Trinajstić information content (AvgIpc) is 2.44. The second-order valence-corrected chi connectivity index (χ2v) is 2.77. The maximum atomic E-state index is 11.6. The monoisotopic (exact) mass is 285 g/mol. The van der Waals surface area contributed by atoms with E-state index in [0.717, 1.165) is 6.40 Å². The molecule has 20 heavy (non-hydrogen) atoms. The van der Waals surface area contributed by atoms with Crippen LogP contribution in [0, 0.1) is 0 Å². The molecule has 0 heterocycles. The summed E-state index contributed by atoms with van der Waals surface area (Å²) in [5.74, 6) is 4.65. The Labute approximate surface area is 112 Å². The highest BCUT2D eigenvalue weighted by atomic mass is 16.6. The van der Waals surface area contributed by atoms with Crippen molar-refractivity contribution in [1.29, 1.82) is 0 Å². The zero-order valence-electron chi connectivity index (χ0n) is 10.1. The summed E-state index contributed by atoms with van der Waals surface area (Å²) < 4.78 is 0. The minimum Gasteiger partial charge on any atom is -0.400 e. The number of amides is 4. The van der Waals surface area contributed by atoms with E-state index in [2.05, 4.69) is 36.3 Å². The van der Waals surface area contributed by atoms with Gasteiger partial charge in [-0.05, 0) is 0 Å². The van der Waals surface area contributed by atoms with Crippen molar-refractivity contribution in [3.05, 3.63) is 0 Å². The molecule has 0 fully saturated rings. The van der Waals surface area contributed by atoms with Crippen LogP contribution in [0.1, 0.15) is 0 Å². The minimum absolute atomic E-state index is 0.225. The molecule has 0 aliphatic rings. The number of nitrogens with two attached hydrogens (primary N) is 1. The quantitative estimate of drug-likeness (QED) is 0.215. The molecule has 0 radical (unpaired) electrons. The number of urea groups is 2. The summed E-state index contributed by atoms with van der Waals surface area (Å²) >= 11 is 0. The van der Waals surface area contributed by atoms with Crippen molar-refractivity contribution >= 4 is 30.6 Å². The summed E-state index contributed by atoms with van der Waals surface area (Å²) in [6.07, 6.45) is 3.23. The van der Waals surface area contributed by atoms with Gasteiger partial charge in [-0.25, -0.2) is 29.1 Å². The van der Waals surface area contributed by atoms with Crippen molar-refractivity contribution in [2.45, 2.75) is 0 Å². The zero-order chi connectivity index (χ0) is 15.2. The van der Waals surface area contributed by atoms with Gasteiger partial charge < -0.3 is 15.5 Å². The van der Waals surface area contributed by atoms with Crippen LogP contribution in [0.25, 0.3) is 0 Å². The molecule has 0 aliphatic heterocycles. The number of isocyanates is 2. The van der Waals surface area contributed by atoms with E-state index in [9.17, 15) is 19.2 Å². The lowest BCUT2D eigenvalue weighted by atomic mass is 10.7. The Morgan fingerprint density at radius 3 is 2.30 bits per heavy atom. The topological polar surface area (TPSA) is 168 Å². The Balaban J connectivity index is 4.55. The predicted molar refractivity (Wildman–Crippen MR) is 63.5 cm³/mol. The Bertz CT molecular complexity index is 452. The van der Waals surface area contributed by atoms with Crippen molar-refractivity contribution in [2.75, 3.05) is 20.0 Å². The molecule has 0 aliphatic carbocycles. The number of nitrogens with one attached hydrogen (secondary N) is 2. The van der Waals surface area contributed by atoms with E-state index in [-0.39, 0.29) is 13.3 Å². The second-order valence-electron chi connectivity index (χ2n) is 2.77. The van der Waals surface area contributed by atoms with Gasteiger partial charge in [0.2, 0.25) is 12.2 Å². The standard InChI is InChI=1S/C8H11N7O5/c9-20-6-11-2-14-8(19)15(3-12-5-17)7(18)13-1-10-4-16/h6H,1-3,9H2,(H,13,18)(H,14,19)/b11-6+. The summed E-state index contributed by atoms with van der Waals surface area (Å²) in [5.41, 5.74) is 0. The molecule has 0 spiro atoms. The van der Waals surface area contributed by atoms with Crippen LogP contribution in [0.2, 0.25) is 0 Å². The third-order valence-corrected chi connectivity index (χ3v) is 1.60. The Morgan fingerprint density at radius 2 is 1.75 bits per heavy atom. The van der Waals surface area contributed by atoms with Crippen LogP contribution >= 0.6 is 0 Å². The Hall–Kier alpha value is -3.07. The van der Waals surface area contributed by atoms with Crippen molar-refractivity contribution in [2.24, 2.45) is 20.9 Å². The molecule has 0 rings (SSSR count). The van der Waals surface area contributed by atoms with E-state index in [4.69, 9.17) is 0 Å². The molecule has 0 aromatic rings. The number of hydrogen-bond donors (Lipinski definition) is 3. The van der Waals surface area contributed by atoms with Crippen molar-refractivity contribution < 1.29 is 24.0 Å². The maximum Gasteiger partial charge on any atom is 0.328 e. The van der Waals surface area contributed by atoms with Crippen LogP contribution in [-0.4, -0.2) is 55.5 Å². The molecule has 12 nitrogen and oxygen atoms in total. The lowest BCUT2D eigenvalue weighted by molar-refractivity contribution is 0.187. The number of nitrogens with zero attached hydrogens (tertiary/aromatic N) is 4. The fraction of sp³-hybridized carbons (Fsp3) is 0.375. The largest absolute Gasteiger partial charge is 0.400 e. The highest BCUT2D eigenvalue weighted by molar-refractivity contribution is 5.93. The molecular formula is C8H11N7O5. The number of carbonyl (C=O) groups is 2. The molecule has 0 atom stereocenters. The van der Waals surface area contributed by atoms with E-state index < -0.39 is 18.7 Å². The highest BCUT2D eigenvalue weighted by Crippen LogP contribution is 1.92. The van der Waals surface area contributed by atoms with Crippen LogP contribution in [-0.2, 0) is 14.4 Å². The normalized spacial score (nSPS) is 9.05. The summed E-state index contributed by atoms with van der Waals surface area (Å²) in [4.78, 5) is 57.2. The summed E-state index contributed by atoms with van der Waals surface area (Å²) in [7, 11) is 0. The van der Waals surface area contributed by atoms with E-state index in [0.29, 0.717) is 4.90 Å². The molecule has 12 heteroatoms. The van der Waals surface area contributed by atoms with Crippen LogP contribution in [0.15, 0.2) is 15.0 Å². The molecule has 0 saturated heterocycles. The van der Waals surface area contributed by atoms with Crippen molar-refractivity contribution in [3.8, 4) is 0 Å². The van der Waals surface area contributed by atoms with Gasteiger partial charge in [0.1, 0.15) is 20.0 Å². The first-order valence-electron chi connectivity index (χ1n) is 4.91. The smallest absolute Gasteiger partial charge is 0.328 e. The van der Waals surface area contributed by atoms with Gasteiger partial charge in [0.15, 0.2) is 6.40 Å². The fourth-order valence-corrected chi connectivity index (χ4v) is 0.844. The molecular weight excluding hydrogens is 274 g/mol. The van der Waals surface area contributed by atoms with Crippen LogP contribution < -0.4 is 16.5 Å². The van der Waals surface area contributed by atoms with Crippen LogP contribution in [0.4, 0.5) is 9.59 Å². The lowest BCUT2D eigenvalue weighted by Gasteiger charge is -2.17. The molecule has 0 unspecified atom stereocenters. The van der Waals surface area contributed by atoms with Crippen molar-refractivity contribution in [1.82, 2.24) is 15.5 Å². The molecule has 0 aromatic carbocycles. The SMILES string of the molecule is NO/C=N/CNC(=O)N(CN=C=O)C(=O)NCN=C=O. The summed E-state index contributed by atoms with van der Waals surface area (Å²) in [5, 5.41) is 4.29. The van der Waals surface area contributed by atoms with E-state index >= 15 is 0 Å². The predicted octanol–water partition coefficient (Wildman–Crippen LogP) is -1.83. The average molecular weight is 285 g/mol. The second kappa shape index (κ2) is 11.0. The van der Waals surface area contributed by atoms with E-state index in [1.807, 2.05) is 0 Å². The molecule has 108 valence electrons. The third-order valence-electron chi connectivity index (χ3n) is 1.60. The minimum atomic E-state index is -0.931. The highest BCUT2D eigenvalue weighted by Gasteiger charge is 2.20. The van der Waals surface area contributed by atoms with Gasteiger partial charge in [-0.15, -0.1) is 0 Å². The Morgan fingerprint density at radius 1 is 1.15 bits per heavy atom. The first kappa shape index (κ1) is 16.9. The lowest BCUT2D eigenvalue weighted by Crippen LogP contribution is -2.48. The molecule has 4 N–H and O–H groups in total. The summed E-state index contributed by atoms with van der Waals surface area (Å²) in [6, 6.07) is -1.83. The number of rotatable bonds is 7. The Kier molecular flexibility index (Phi) is 9.35. The van der Waals surface area contributed by atoms with Crippen LogP contribution in [0.3, 0.4) is 0 Å². The van der Waals surface area contributed by atoms with E-state index in [1.165, 1.54) is 12.2 Å². The van der Waals surface area contributed by atoms with Gasteiger partial charge in [-0.3, -0.25) is 0 Å². The first-order chi connectivity index (χ1) is 9.67.